The Bertz CT molecular complexity index is 406. The van der Waals surface area contributed by atoms with Gasteiger partial charge in [-0.1, -0.05) is 0 Å². The van der Waals surface area contributed by atoms with Gasteiger partial charge in [0, 0.05) is 25.0 Å². The standard InChI is InChI=1S/C11H19F2N5/c1-11(2,3)17-10(14-4)16-7-8-15-5-6-18(8)9(12)13/h5-6,9H,7H2,1-4H3,(H2,14,16,17). The number of nitrogens with zero attached hydrogens (tertiary/aromatic N) is 3. The van der Waals surface area contributed by atoms with E-state index in [1.54, 1.807) is 7.05 Å². The molecule has 102 valence electrons. The molecule has 0 radical (unpaired) electrons. The Hall–Kier alpha value is -1.66. The van der Waals surface area contributed by atoms with Crippen molar-refractivity contribution in [3.05, 3.63) is 18.2 Å². The molecule has 1 aromatic heterocycles. The van der Waals surface area contributed by atoms with Crippen LogP contribution in [-0.2, 0) is 6.54 Å². The van der Waals surface area contributed by atoms with E-state index in [4.69, 9.17) is 0 Å². The molecule has 0 aromatic carbocycles. The number of halogens is 2. The Labute approximate surface area is 105 Å². The van der Waals surface area contributed by atoms with E-state index in [9.17, 15) is 8.78 Å². The number of aromatic nitrogens is 2. The van der Waals surface area contributed by atoms with Gasteiger partial charge >= 0.3 is 6.55 Å². The Kier molecular flexibility index (Phi) is 4.63. The summed E-state index contributed by atoms with van der Waals surface area (Å²) in [5, 5.41) is 6.08. The van der Waals surface area contributed by atoms with Crippen LogP contribution in [-0.4, -0.2) is 28.1 Å². The minimum atomic E-state index is -2.58. The van der Waals surface area contributed by atoms with E-state index in [1.807, 2.05) is 20.8 Å². The predicted molar refractivity (Wildman–Crippen MR) is 66.6 cm³/mol. The molecule has 1 rings (SSSR count). The van der Waals surface area contributed by atoms with E-state index in [0.29, 0.717) is 5.96 Å². The quantitative estimate of drug-likeness (QED) is 0.642. The first kappa shape index (κ1) is 14.4. The lowest BCUT2D eigenvalue weighted by atomic mass is 10.1. The van der Waals surface area contributed by atoms with Gasteiger partial charge in [0.15, 0.2) is 5.96 Å². The van der Waals surface area contributed by atoms with Crippen molar-refractivity contribution < 1.29 is 8.78 Å². The average Bonchev–Trinajstić information content (AvgIpc) is 2.70. The molecule has 0 aliphatic heterocycles. The predicted octanol–water partition coefficient (Wildman–Crippen LogP) is 1.74. The van der Waals surface area contributed by atoms with Gasteiger partial charge in [0.1, 0.15) is 5.82 Å². The van der Waals surface area contributed by atoms with Crippen LogP contribution in [0.25, 0.3) is 0 Å². The van der Waals surface area contributed by atoms with E-state index < -0.39 is 6.55 Å². The number of nitrogens with one attached hydrogen (secondary N) is 2. The van der Waals surface area contributed by atoms with Crippen molar-refractivity contribution in [3.8, 4) is 0 Å². The smallest absolute Gasteiger partial charge is 0.319 e. The fourth-order valence-corrected chi connectivity index (χ4v) is 1.36. The van der Waals surface area contributed by atoms with Crippen molar-refractivity contribution in [2.24, 2.45) is 4.99 Å². The summed E-state index contributed by atoms with van der Waals surface area (Å²) in [6, 6.07) is 0. The van der Waals surface area contributed by atoms with Crippen LogP contribution in [0.4, 0.5) is 8.78 Å². The lowest BCUT2D eigenvalue weighted by Gasteiger charge is -2.23. The van der Waals surface area contributed by atoms with Crippen molar-refractivity contribution >= 4 is 5.96 Å². The molecule has 0 unspecified atom stereocenters. The van der Waals surface area contributed by atoms with Crippen LogP contribution in [0.15, 0.2) is 17.4 Å². The van der Waals surface area contributed by atoms with Gasteiger partial charge in [0.25, 0.3) is 0 Å². The summed E-state index contributed by atoms with van der Waals surface area (Å²) < 4.78 is 26.0. The zero-order valence-corrected chi connectivity index (χ0v) is 11.0. The summed E-state index contributed by atoms with van der Waals surface area (Å²) >= 11 is 0. The minimum Gasteiger partial charge on any atom is -0.352 e. The van der Waals surface area contributed by atoms with Gasteiger partial charge in [0.05, 0.1) is 6.54 Å². The van der Waals surface area contributed by atoms with E-state index in [-0.39, 0.29) is 17.9 Å². The molecule has 0 bridgehead atoms. The zero-order chi connectivity index (χ0) is 13.8. The maximum Gasteiger partial charge on any atom is 0.319 e. The van der Waals surface area contributed by atoms with Crippen LogP contribution in [0.3, 0.4) is 0 Å². The van der Waals surface area contributed by atoms with Crippen LogP contribution < -0.4 is 10.6 Å². The number of guanidine groups is 1. The van der Waals surface area contributed by atoms with Gasteiger partial charge in [-0.3, -0.25) is 9.56 Å². The molecule has 0 aliphatic carbocycles. The van der Waals surface area contributed by atoms with Crippen LogP contribution >= 0.6 is 0 Å². The minimum absolute atomic E-state index is 0.153. The Morgan fingerprint density at radius 3 is 2.67 bits per heavy atom. The SMILES string of the molecule is CN=C(NCc1nccn1C(F)F)NC(C)(C)C. The summed E-state index contributed by atoms with van der Waals surface area (Å²) in [4.78, 5) is 7.90. The largest absolute Gasteiger partial charge is 0.352 e. The number of alkyl halides is 2. The van der Waals surface area contributed by atoms with Gasteiger partial charge < -0.3 is 10.6 Å². The molecule has 7 heteroatoms. The number of hydrogen-bond donors (Lipinski definition) is 2. The summed E-state index contributed by atoms with van der Waals surface area (Å²) in [6.45, 7) is 3.56. The topological polar surface area (TPSA) is 54.2 Å². The molecule has 5 nitrogen and oxygen atoms in total. The van der Waals surface area contributed by atoms with Gasteiger partial charge in [-0.2, -0.15) is 8.78 Å². The highest BCUT2D eigenvalue weighted by molar-refractivity contribution is 5.80. The Morgan fingerprint density at radius 1 is 1.50 bits per heavy atom. The molecule has 2 N–H and O–H groups in total. The maximum absolute atomic E-state index is 12.6. The molecular formula is C11H19F2N5. The Balaban J connectivity index is 2.61. The summed E-state index contributed by atoms with van der Waals surface area (Å²) in [5.41, 5.74) is -0.153. The van der Waals surface area contributed by atoms with Gasteiger partial charge in [0.2, 0.25) is 0 Å². The Morgan fingerprint density at radius 2 is 2.17 bits per heavy atom. The van der Waals surface area contributed by atoms with Crippen molar-refractivity contribution in [2.45, 2.75) is 39.4 Å². The lowest BCUT2D eigenvalue weighted by Crippen LogP contribution is -2.47. The highest BCUT2D eigenvalue weighted by Gasteiger charge is 2.14. The highest BCUT2D eigenvalue weighted by Crippen LogP contribution is 2.11. The van der Waals surface area contributed by atoms with E-state index >= 15 is 0 Å². The molecule has 1 aromatic rings. The molecule has 0 saturated carbocycles. The molecule has 18 heavy (non-hydrogen) atoms. The van der Waals surface area contributed by atoms with Gasteiger partial charge in [-0.25, -0.2) is 4.98 Å². The molecule has 0 saturated heterocycles. The number of hydrogen-bond acceptors (Lipinski definition) is 2. The average molecular weight is 259 g/mol. The number of rotatable bonds is 3. The molecule has 1 heterocycles. The zero-order valence-electron chi connectivity index (χ0n) is 11.0. The summed E-state index contributed by atoms with van der Waals surface area (Å²) in [7, 11) is 1.63. The monoisotopic (exact) mass is 259 g/mol. The van der Waals surface area contributed by atoms with E-state index in [1.165, 1.54) is 12.4 Å². The molecule has 0 amide bonds. The molecule has 0 aliphatic rings. The fourth-order valence-electron chi connectivity index (χ4n) is 1.36. The fraction of sp³-hybridized carbons (Fsp3) is 0.636. The first-order valence-electron chi connectivity index (χ1n) is 5.62. The van der Waals surface area contributed by atoms with Crippen LogP contribution in [0.1, 0.15) is 33.1 Å². The van der Waals surface area contributed by atoms with E-state index in [0.717, 1.165) is 4.57 Å². The van der Waals surface area contributed by atoms with Crippen molar-refractivity contribution in [2.75, 3.05) is 7.05 Å². The van der Waals surface area contributed by atoms with E-state index in [2.05, 4.69) is 20.6 Å². The van der Waals surface area contributed by atoms with Gasteiger partial charge in [-0.05, 0) is 20.8 Å². The van der Waals surface area contributed by atoms with Crippen molar-refractivity contribution in [1.29, 1.82) is 0 Å². The maximum atomic E-state index is 12.6. The van der Waals surface area contributed by atoms with Crippen LogP contribution in [0, 0.1) is 0 Å². The second-order valence-corrected chi connectivity index (χ2v) is 4.83. The molecular weight excluding hydrogens is 240 g/mol. The summed E-state index contributed by atoms with van der Waals surface area (Å²) in [5.74, 6) is 0.813. The number of aliphatic imine (C=N–C) groups is 1. The lowest BCUT2D eigenvalue weighted by molar-refractivity contribution is 0.0668. The van der Waals surface area contributed by atoms with Crippen molar-refractivity contribution in [1.82, 2.24) is 20.2 Å². The van der Waals surface area contributed by atoms with Crippen molar-refractivity contribution in [3.63, 3.8) is 0 Å². The highest BCUT2D eigenvalue weighted by atomic mass is 19.3. The second-order valence-electron chi connectivity index (χ2n) is 4.83. The first-order chi connectivity index (χ1) is 8.33. The van der Waals surface area contributed by atoms with Gasteiger partial charge in [-0.15, -0.1) is 0 Å². The third-order valence-electron chi connectivity index (χ3n) is 2.09. The normalized spacial score (nSPS) is 12.9. The number of imidazole rings is 1. The second kappa shape index (κ2) is 5.79. The third-order valence-corrected chi connectivity index (χ3v) is 2.09. The molecule has 0 spiro atoms. The van der Waals surface area contributed by atoms with Crippen LogP contribution in [0.2, 0.25) is 0 Å². The summed E-state index contributed by atoms with van der Waals surface area (Å²) in [6.07, 6.45) is 2.60. The molecule has 0 atom stereocenters. The molecule has 0 fully saturated rings. The van der Waals surface area contributed by atoms with Crippen LogP contribution in [0.5, 0.6) is 0 Å². The third kappa shape index (κ3) is 4.31. The first-order valence-corrected chi connectivity index (χ1v) is 5.62.